The Morgan fingerprint density at radius 3 is 2.82 bits per heavy atom. The van der Waals surface area contributed by atoms with E-state index in [0.717, 1.165) is 11.4 Å². The normalized spacial score (nSPS) is 18.6. The number of hydrogen-bond donors (Lipinski definition) is 1. The van der Waals surface area contributed by atoms with Crippen LogP contribution < -0.4 is 5.43 Å². The molecule has 2 aromatic rings. The van der Waals surface area contributed by atoms with Crippen LogP contribution in [0.3, 0.4) is 0 Å². The lowest BCUT2D eigenvalue weighted by molar-refractivity contribution is -0.118. The molecule has 0 saturated heterocycles. The summed E-state index contributed by atoms with van der Waals surface area (Å²) in [4.78, 5) is 11.7. The molecule has 86 valence electrons. The minimum absolute atomic E-state index is 0.00532. The number of fused-ring (bicyclic) bond motifs is 1. The van der Waals surface area contributed by atoms with Crippen LogP contribution in [0.25, 0.3) is 0 Å². The molecule has 1 aliphatic heterocycles. The van der Waals surface area contributed by atoms with Crippen LogP contribution >= 0.6 is 0 Å². The molecular formula is C12H12N4O. The molecule has 0 bridgehead atoms. The maximum Gasteiger partial charge on any atom is 0.239 e. The van der Waals surface area contributed by atoms with Crippen LogP contribution in [0.5, 0.6) is 0 Å². The van der Waals surface area contributed by atoms with Gasteiger partial charge in [-0.05, 0) is 12.5 Å². The molecule has 0 saturated carbocycles. The van der Waals surface area contributed by atoms with Gasteiger partial charge in [0.15, 0.2) is 5.82 Å². The molecule has 1 unspecified atom stereocenters. The monoisotopic (exact) mass is 228 g/mol. The topological polar surface area (TPSA) is 59.8 Å². The summed E-state index contributed by atoms with van der Waals surface area (Å²) in [6, 6.07) is 9.92. The fraction of sp³-hybridized carbons (Fsp3) is 0.250. The second-order valence-electron chi connectivity index (χ2n) is 4.14. The van der Waals surface area contributed by atoms with E-state index in [1.807, 2.05) is 37.3 Å². The van der Waals surface area contributed by atoms with Crippen LogP contribution in [0.2, 0.25) is 0 Å². The largest absolute Gasteiger partial charge is 0.273 e. The van der Waals surface area contributed by atoms with Crippen molar-refractivity contribution < 1.29 is 4.79 Å². The lowest BCUT2D eigenvalue weighted by atomic mass is 9.94. The van der Waals surface area contributed by atoms with Crippen molar-refractivity contribution in [3.05, 3.63) is 47.5 Å². The van der Waals surface area contributed by atoms with Crippen molar-refractivity contribution in [2.75, 3.05) is 5.43 Å². The molecule has 3 rings (SSSR count). The van der Waals surface area contributed by atoms with Crippen LogP contribution in [-0.4, -0.2) is 20.8 Å². The van der Waals surface area contributed by atoms with Crippen molar-refractivity contribution in [1.29, 1.82) is 0 Å². The quantitative estimate of drug-likeness (QED) is 0.797. The van der Waals surface area contributed by atoms with Gasteiger partial charge in [-0.15, -0.1) is 10.2 Å². The van der Waals surface area contributed by atoms with E-state index < -0.39 is 0 Å². The van der Waals surface area contributed by atoms with Crippen LogP contribution in [0.4, 0.5) is 0 Å². The van der Waals surface area contributed by atoms with Gasteiger partial charge in [-0.1, -0.05) is 30.3 Å². The first kappa shape index (κ1) is 10.0. The first-order valence-corrected chi connectivity index (χ1v) is 5.52. The van der Waals surface area contributed by atoms with Gasteiger partial charge < -0.3 is 0 Å². The van der Waals surface area contributed by atoms with E-state index in [1.165, 1.54) is 0 Å². The third-order valence-corrected chi connectivity index (χ3v) is 2.99. The number of aromatic nitrogens is 3. The first-order valence-electron chi connectivity index (χ1n) is 5.52. The molecule has 1 aromatic heterocycles. The second kappa shape index (κ2) is 3.69. The average molecular weight is 228 g/mol. The van der Waals surface area contributed by atoms with Gasteiger partial charge in [0.2, 0.25) is 5.91 Å². The van der Waals surface area contributed by atoms with Crippen LogP contribution in [0.15, 0.2) is 30.3 Å². The summed E-state index contributed by atoms with van der Waals surface area (Å²) in [6.45, 7) is 1.82. The van der Waals surface area contributed by atoms with Crippen molar-refractivity contribution in [2.24, 2.45) is 0 Å². The summed E-state index contributed by atoms with van der Waals surface area (Å²) in [7, 11) is 0. The van der Waals surface area contributed by atoms with Crippen molar-refractivity contribution in [2.45, 2.75) is 19.3 Å². The first-order chi connectivity index (χ1) is 8.25. The highest BCUT2D eigenvalue weighted by Gasteiger charge is 2.29. The molecule has 17 heavy (non-hydrogen) atoms. The summed E-state index contributed by atoms with van der Waals surface area (Å²) in [5.41, 5.74) is 3.85. The lowest BCUT2D eigenvalue weighted by Crippen LogP contribution is -2.33. The number of rotatable bonds is 1. The Morgan fingerprint density at radius 2 is 2.06 bits per heavy atom. The zero-order valence-corrected chi connectivity index (χ0v) is 9.42. The molecule has 1 amide bonds. The number of hydrogen-bond acceptors (Lipinski definition) is 3. The average Bonchev–Trinajstić information content (AvgIpc) is 2.72. The van der Waals surface area contributed by atoms with Crippen LogP contribution in [0, 0.1) is 6.92 Å². The second-order valence-corrected chi connectivity index (χ2v) is 4.14. The van der Waals surface area contributed by atoms with Gasteiger partial charge in [0.05, 0.1) is 5.92 Å². The Morgan fingerprint density at radius 1 is 1.29 bits per heavy atom. The Bertz CT molecular complexity index is 561. The Balaban J connectivity index is 2.10. The van der Waals surface area contributed by atoms with Crippen molar-refractivity contribution >= 4 is 5.91 Å². The number of carbonyl (C=O) groups is 1. The molecule has 5 nitrogen and oxygen atoms in total. The molecule has 1 aromatic carbocycles. The molecule has 1 aliphatic rings. The maximum atomic E-state index is 11.7. The smallest absolute Gasteiger partial charge is 0.239 e. The van der Waals surface area contributed by atoms with E-state index in [9.17, 15) is 4.79 Å². The number of amides is 1. The van der Waals surface area contributed by atoms with Crippen LogP contribution in [-0.2, 0) is 4.79 Å². The molecule has 2 heterocycles. The summed E-state index contributed by atoms with van der Waals surface area (Å²) in [5.74, 6) is 1.49. The predicted molar refractivity (Wildman–Crippen MR) is 62.0 cm³/mol. The highest BCUT2D eigenvalue weighted by Crippen LogP contribution is 2.29. The SMILES string of the molecule is Cc1nnc2n1NC(=O)CC2c1ccccc1. The van der Waals surface area contributed by atoms with Gasteiger partial charge in [-0.3, -0.25) is 10.2 Å². The van der Waals surface area contributed by atoms with Crippen molar-refractivity contribution in [3.8, 4) is 0 Å². The number of benzene rings is 1. The van der Waals surface area contributed by atoms with Gasteiger partial charge in [0.1, 0.15) is 5.82 Å². The lowest BCUT2D eigenvalue weighted by Gasteiger charge is -2.23. The van der Waals surface area contributed by atoms with Gasteiger partial charge >= 0.3 is 0 Å². The predicted octanol–water partition coefficient (Wildman–Crippen LogP) is 1.19. The van der Waals surface area contributed by atoms with E-state index in [1.54, 1.807) is 4.68 Å². The summed E-state index contributed by atoms with van der Waals surface area (Å²) in [5, 5.41) is 8.15. The highest BCUT2D eigenvalue weighted by atomic mass is 16.2. The number of nitrogens with zero attached hydrogens (tertiary/aromatic N) is 3. The summed E-state index contributed by atoms with van der Waals surface area (Å²) >= 11 is 0. The highest BCUT2D eigenvalue weighted by molar-refractivity contribution is 5.86. The van der Waals surface area contributed by atoms with Gasteiger partial charge in [-0.2, -0.15) is 0 Å². The molecule has 0 aliphatic carbocycles. The van der Waals surface area contributed by atoms with Crippen molar-refractivity contribution in [3.63, 3.8) is 0 Å². The molecule has 5 heteroatoms. The Kier molecular flexibility index (Phi) is 2.18. The van der Waals surface area contributed by atoms with Gasteiger partial charge in [0.25, 0.3) is 0 Å². The summed E-state index contributed by atoms with van der Waals surface area (Å²) in [6.07, 6.45) is 0.419. The fourth-order valence-electron chi connectivity index (χ4n) is 2.14. The molecule has 0 radical (unpaired) electrons. The molecule has 0 spiro atoms. The molecular weight excluding hydrogens is 216 g/mol. The Hall–Kier alpha value is -2.17. The van der Waals surface area contributed by atoms with Gasteiger partial charge in [0, 0.05) is 6.42 Å². The van der Waals surface area contributed by atoms with E-state index in [2.05, 4.69) is 15.6 Å². The number of nitrogens with one attached hydrogen (secondary N) is 1. The zero-order chi connectivity index (χ0) is 11.8. The Labute approximate surface area is 98.5 Å². The minimum Gasteiger partial charge on any atom is -0.273 e. The standard InChI is InChI=1S/C12H12N4O/c1-8-13-14-12-10(7-11(17)15-16(8)12)9-5-3-2-4-6-9/h2-6,10H,7H2,1H3,(H,15,17). The molecule has 1 atom stereocenters. The van der Waals surface area contributed by atoms with Crippen LogP contribution in [0.1, 0.15) is 29.6 Å². The number of aryl methyl sites for hydroxylation is 1. The van der Waals surface area contributed by atoms with E-state index in [4.69, 9.17) is 0 Å². The zero-order valence-electron chi connectivity index (χ0n) is 9.42. The summed E-state index contributed by atoms with van der Waals surface area (Å²) < 4.78 is 1.67. The minimum atomic E-state index is -0.00819. The van der Waals surface area contributed by atoms with E-state index in [0.29, 0.717) is 12.2 Å². The third kappa shape index (κ3) is 1.60. The fourth-order valence-corrected chi connectivity index (χ4v) is 2.14. The van der Waals surface area contributed by atoms with Gasteiger partial charge in [-0.25, -0.2) is 4.68 Å². The molecule has 0 fully saturated rings. The van der Waals surface area contributed by atoms with Crippen molar-refractivity contribution in [1.82, 2.24) is 14.9 Å². The molecule has 1 N–H and O–H groups in total. The maximum absolute atomic E-state index is 11.7. The third-order valence-electron chi connectivity index (χ3n) is 2.99. The van der Waals surface area contributed by atoms with E-state index in [-0.39, 0.29) is 11.8 Å². The number of carbonyl (C=O) groups excluding carboxylic acids is 1. The van der Waals surface area contributed by atoms with E-state index >= 15 is 0 Å².